The summed E-state index contributed by atoms with van der Waals surface area (Å²) >= 11 is 1.00. The van der Waals surface area contributed by atoms with Crippen LogP contribution in [0.1, 0.15) is 18.7 Å². The Bertz CT molecular complexity index is 443. The van der Waals surface area contributed by atoms with Gasteiger partial charge >= 0.3 is 6.03 Å². The summed E-state index contributed by atoms with van der Waals surface area (Å²) in [4.78, 5) is 14.7. The third kappa shape index (κ3) is 2.12. The summed E-state index contributed by atoms with van der Waals surface area (Å²) in [6.07, 6.45) is -0.926. The van der Waals surface area contributed by atoms with Crippen LogP contribution in [0.4, 0.5) is 15.0 Å². The smallest absolute Gasteiger partial charge is 0.327 e. The van der Waals surface area contributed by atoms with Crippen LogP contribution < -0.4 is 4.90 Å². The van der Waals surface area contributed by atoms with Crippen molar-refractivity contribution in [3.8, 4) is 0 Å². The van der Waals surface area contributed by atoms with Crippen molar-refractivity contribution < 1.29 is 14.3 Å². The number of rotatable bonds is 2. The number of hydrogen-bond acceptors (Lipinski definition) is 4. The van der Waals surface area contributed by atoms with Gasteiger partial charge in [-0.2, -0.15) is 4.37 Å². The van der Waals surface area contributed by atoms with E-state index < -0.39 is 11.9 Å². The van der Waals surface area contributed by atoms with Gasteiger partial charge in [0.2, 0.25) is 0 Å². The number of aliphatic hydroxyl groups excluding tert-OH is 1. The highest BCUT2D eigenvalue weighted by molar-refractivity contribution is 7.06. The maximum absolute atomic E-state index is 13.7. The molecule has 1 aliphatic rings. The molecule has 1 fully saturated rings. The molecule has 1 unspecified atom stereocenters. The second-order valence-corrected chi connectivity index (χ2v) is 5.34. The van der Waals surface area contributed by atoms with Gasteiger partial charge in [0.15, 0.2) is 12.0 Å². The van der Waals surface area contributed by atoms with Crippen molar-refractivity contribution in [1.29, 1.82) is 0 Å². The predicted octanol–water partition coefficient (Wildman–Crippen LogP) is 1.54. The molecule has 1 aliphatic heterocycles. The molecule has 1 saturated heterocycles. The van der Waals surface area contributed by atoms with Gasteiger partial charge in [-0.1, -0.05) is 0 Å². The number of urea groups is 1. The van der Waals surface area contributed by atoms with E-state index in [2.05, 4.69) is 4.37 Å². The summed E-state index contributed by atoms with van der Waals surface area (Å²) in [7, 11) is 1.60. The molecule has 0 bridgehead atoms. The standard InChI is InChI=1S/C10H14FN3O2S/c1-10(2,11)6-4-7(12-17-6)14-8(15)5-13(3)9(14)16/h4,8,15H,5H2,1-3H3. The van der Waals surface area contributed by atoms with E-state index in [0.29, 0.717) is 10.7 Å². The fraction of sp³-hybridized carbons (Fsp3) is 0.600. The fourth-order valence-electron chi connectivity index (χ4n) is 1.63. The van der Waals surface area contributed by atoms with Crippen LogP contribution in [0, 0.1) is 0 Å². The molecule has 1 atom stereocenters. The van der Waals surface area contributed by atoms with Crippen LogP contribution in [-0.4, -0.2) is 40.2 Å². The average molecular weight is 259 g/mol. The quantitative estimate of drug-likeness (QED) is 0.876. The van der Waals surface area contributed by atoms with Gasteiger partial charge in [-0.05, 0) is 25.4 Å². The Kier molecular flexibility index (Phi) is 2.82. The molecular formula is C10H14FN3O2S. The first kappa shape index (κ1) is 12.3. The number of carbonyl (C=O) groups is 1. The maximum atomic E-state index is 13.7. The maximum Gasteiger partial charge on any atom is 0.327 e. The number of anilines is 1. The van der Waals surface area contributed by atoms with Crippen LogP contribution >= 0.6 is 11.5 Å². The van der Waals surface area contributed by atoms with Gasteiger partial charge in [0, 0.05) is 13.1 Å². The minimum atomic E-state index is -1.49. The van der Waals surface area contributed by atoms with E-state index in [9.17, 15) is 14.3 Å². The summed E-state index contributed by atoms with van der Waals surface area (Å²) in [6.45, 7) is 3.09. The Morgan fingerprint density at radius 1 is 1.65 bits per heavy atom. The molecule has 2 heterocycles. The van der Waals surface area contributed by atoms with E-state index in [0.717, 1.165) is 11.5 Å². The molecule has 0 spiro atoms. The fourth-order valence-corrected chi connectivity index (χ4v) is 2.33. The SMILES string of the molecule is CN1CC(O)N(c2cc(C(C)(C)F)sn2)C1=O. The van der Waals surface area contributed by atoms with Crippen molar-refractivity contribution in [3.05, 3.63) is 10.9 Å². The number of β-amino-alcohol motifs (C(OH)–C–C–N with tert-alkyl or cyclic N) is 1. The molecule has 7 heteroatoms. The summed E-state index contributed by atoms with van der Waals surface area (Å²) in [5, 5.41) is 9.73. The number of alkyl halides is 1. The van der Waals surface area contributed by atoms with Gasteiger partial charge < -0.3 is 10.0 Å². The third-order valence-corrected chi connectivity index (χ3v) is 3.68. The van der Waals surface area contributed by atoms with Crippen LogP contribution in [0.2, 0.25) is 0 Å². The molecule has 1 aromatic heterocycles. The van der Waals surface area contributed by atoms with Crippen LogP contribution in [0.3, 0.4) is 0 Å². The predicted molar refractivity (Wildman–Crippen MR) is 62.8 cm³/mol. The zero-order valence-electron chi connectivity index (χ0n) is 9.85. The van der Waals surface area contributed by atoms with Gasteiger partial charge in [0.1, 0.15) is 5.67 Å². The van der Waals surface area contributed by atoms with Crippen molar-refractivity contribution in [2.24, 2.45) is 0 Å². The Morgan fingerprint density at radius 2 is 2.29 bits per heavy atom. The molecule has 1 N–H and O–H groups in total. The van der Waals surface area contributed by atoms with E-state index in [1.807, 2.05) is 0 Å². The Hall–Kier alpha value is -1.21. The van der Waals surface area contributed by atoms with Crippen LogP contribution in [0.25, 0.3) is 0 Å². The second-order valence-electron chi connectivity index (χ2n) is 4.54. The van der Waals surface area contributed by atoms with Gasteiger partial charge in [0.25, 0.3) is 0 Å². The molecule has 0 aliphatic carbocycles. The molecule has 5 nitrogen and oxygen atoms in total. The minimum Gasteiger partial charge on any atom is -0.371 e. The molecule has 17 heavy (non-hydrogen) atoms. The Morgan fingerprint density at radius 3 is 2.71 bits per heavy atom. The lowest BCUT2D eigenvalue weighted by Gasteiger charge is -2.15. The Balaban J connectivity index is 2.29. The monoisotopic (exact) mass is 259 g/mol. The molecule has 0 saturated carbocycles. The molecule has 0 radical (unpaired) electrons. The van der Waals surface area contributed by atoms with E-state index in [1.165, 1.54) is 29.7 Å². The van der Waals surface area contributed by atoms with E-state index in [-0.39, 0.29) is 12.6 Å². The zero-order chi connectivity index (χ0) is 12.8. The number of carbonyl (C=O) groups excluding carboxylic acids is 1. The van der Waals surface area contributed by atoms with Crippen LogP contribution in [-0.2, 0) is 5.67 Å². The Labute approximate surface area is 103 Å². The summed E-state index contributed by atoms with van der Waals surface area (Å²) < 4.78 is 17.7. The highest BCUT2D eigenvalue weighted by Gasteiger charge is 2.37. The van der Waals surface area contributed by atoms with E-state index >= 15 is 0 Å². The van der Waals surface area contributed by atoms with Gasteiger partial charge in [-0.3, -0.25) is 0 Å². The number of aromatic nitrogens is 1. The summed E-state index contributed by atoms with van der Waals surface area (Å²) in [5.41, 5.74) is -1.49. The highest BCUT2D eigenvalue weighted by Crippen LogP contribution is 2.33. The second kappa shape index (κ2) is 3.92. The van der Waals surface area contributed by atoms with Crippen molar-refractivity contribution >= 4 is 23.4 Å². The van der Waals surface area contributed by atoms with Crippen LogP contribution in [0.5, 0.6) is 0 Å². The van der Waals surface area contributed by atoms with Gasteiger partial charge in [0.05, 0.1) is 11.4 Å². The van der Waals surface area contributed by atoms with Crippen molar-refractivity contribution in [2.45, 2.75) is 25.7 Å². The molecule has 2 rings (SSSR count). The van der Waals surface area contributed by atoms with Crippen molar-refractivity contribution in [2.75, 3.05) is 18.5 Å². The van der Waals surface area contributed by atoms with E-state index in [1.54, 1.807) is 7.05 Å². The van der Waals surface area contributed by atoms with Gasteiger partial charge in [-0.25, -0.2) is 14.1 Å². The number of amides is 2. The summed E-state index contributed by atoms with van der Waals surface area (Å²) in [6, 6.07) is 1.18. The van der Waals surface area contributed by atoms with E-state index in [4.69, 9.17) is 0 Å². The number of nitrogens with zero attached hydrogens (tertiary/aromatic N) is 3. The number of halogens is 1. The highest BCUT2D eigenvalue weighted by atomic mass is 32.1. The normalized spacial score (nSPS) is 21.5. The first-order valence-electron chi connectivity index (χ1n) is 5.19. The van der Waals surface area contributed by atoms with Crippen molar-refractivity contribution in [3.63, 3.8) is 0 Å². The molecular weight excluding hydrogens is 245 g/mol. The summed E-state index contributed by atoms with van der Waals surface area (Å²) in [5.74, 6) is 0.303. The molecule has 94 valence electrons. The third-order valence-electron chi connectivity index (χ3n) is 2.60. The molecule has 2 amide bonds. The number of hydrogen-bond donors (Lipinski definition) is 1. The largest absolute Gasteiger partial charge is 0.371 e. The lowest BCUT2D eigenvalue weighted by atomic mass is 10.1. The number of aliphatic hydroxyl groups is 1. The first-order valence-corrected chi connectivity index (χ1v) is 5.96. The lowest BCUT2D eigenvalue weighted by molar-refractivity contribution is 0.183. The van der Waals surface area contributed by atoms with Crippen LogP contribution in [0.15, 0.2) is 6.07 Å². The van der Waals surface area contributed by atoms with Crippen molar-refractivity contribution in [1.82, 2.24) is 9.27 Å². The topological polar surface area (TPSA) is 56.7 Å². The zero-order valence-corrected chi connectivity index (χ0v) is 10.7. The number of likely N-dealkylation sites (N-methyl/N-ethyl adjacent to an activating group) is 1. The average Bonchev–Trinajstić information content (AvgIpc) is 2.73. The first-order chi connectivity index (χ1) is 7.80. The molecule has 1 aromatic rings. The molecule has 0 aromatic carbocycles. The van der Waals surface area contributed by atoms with Gasteiger partial charge in [-0.15, -0.1) is 0 Å². The minimum absolute atomic E-state index is 0.227. The lowest BCUT2D eigenvalue weighted by Crippen LogP contribution is -2.34.